The quantitative estimate of drug-likeness (QED) is 0.509. The van der Waals surface area contributed by atoms with Crippen LogP contribution in [0.3, 0.4) is 0 Å². The van der Waals surface area contributed by atoms with Gasteiger partial charge in [0.25, 0.3) is 5.91 Å². The molecule has 3 rings (SSSR count). The van der Waals surface area contributed by atoms with Crippen LogP contribution in [0.2, 0.25) is 0 Å². The number of carbonyl (C=O) groups excluding carboxylic acids is 1. The maximum atomic E-state index is 12.7. The number of fused-ring (bicyclic) bond motifs is 1. The molecule has 1 aromatic heterocycles. The van der Waals surface area contributed by atoms with Crippen molar-refractivity contribution in [2.75, 3.05) is 26.6 Å². The predicted octanol–water partition coefficient (Wildman–Crippen LogP) is 3.81. The highest BCUT2D eigenvalue weighted by Crippen LogP contribution is 2.35. The molecule has 3 aromatic rings. The van der Waals surface area contributed by atoms with Gasteiger partial charge in [0.2, 0.25) is 0 Å². The highest BCUT2D eigenvalue weighted by Gasteiger charge is 2.15. The smallest absolute Gasteiger partial charge is 0.266 e. The zero-order valence-corrected chi connectivity index (χ0v) is 16.2. The van der Waals surface area contributed by atoms with Crippen molar-refractivity contribution >= 4 is 28.6 Å². The van der Waals surface area contributed by atoms with Crippen LogP contribution in [-0.4, -0.2) is 32.2 Å². The number of anilines is 1. The fourth-order valence-electron chi connectivity index (χ4n) is 2.87. The number of methoxy groups -OCH3 is 3. The number of ether oxygens (including phenoxy) is 3. The van der Waals surface area contributed by atoms with Crippen molar-refractivity contribution in [2.45, 2.75) is 0 Å². The minimum Gasteiger partial charge on any atom is -0.496 e. The fourth-order valence-corrected chi connectivity index (χ4v) is 2.87. The number of nitrogens with zero attached hydrogens (tertiary/aromatic N) is 2. The summed E-state index contributed by atoms with van der Waals surface area (Å²) in [4.78, 5) is 17.0. The Morgan fingerprint density at radius 3 is 2.45 bits per heavy atom. The van der Waals surface area contributed by atoms with E-state index in [0.717, 1.165) is 10.9 Å². The second kappa shape index (κ2) is 8.76. The lowest BCUT2D eigenvalue weighted by molar-refractivity contribution is -0.112. The highest BCUT2D eigenvalue weighted by molar-refractivity contribution is 6.12. The van der Waals surface area contributed by atoms with Crippen LogP contribution in [0, 0.1) is 11.3 Å². The molecule has 0 bridgehead atoms. The Bertz CT molecular complexity index is 1130. The van der Waals surface area contributed by atoms with Crippen molar-refractivity contribution < 1.29 is 19.0 Å². The fraction of sp³-hybridized carbons (Fsp3) is 0.136. The SMILES string of the molecule is COc1cc(OC)c(OC)cc1C=C(C#N)C(=O)Nc1cccc2ncccc12. The Balaban J connectivity index is 1.98. The number of benzene rings is 2. The number of amides is 1. The van der Waals surface area contributed by atoms with Crippen LogP contribution in [0.1, 0.15) is 5.56 Å². The number of hydrogen-bond donors (Lipinski definition) is 1. The summed E-state index contributed by atoms with van der Waals surface area (Å²) in [5.74, 6) is 0.836. The molecule has 146 valence electrons. The van der Waals surface area contributed by atoms with Gasteiger partial charge in [0.05, 0.1) is 32.5 Å². The molecule has 1 heterocycles. The first-order valence-corrected chi connectivity index (χ1v) is 8.68. The number of pyridine rings is 1. The van der Waals surface area contributed by atoms with E-state index in [1.54, 1.807) is 36.5 Å². The molecule has 0 radical (unpaired) electrons. The molecule has 0 saturated heterocycles. The van der Waals surface area contributed by atoms with E-state index in [2.05, 4.69) is 10.3 Å². The number of nitriles is 1. The minimum absolute atomic E-state index is 0.0867. The summed E-state index contributed by atoms with van der Waals surface area (Å²) in [6.45, 7) is 0. The van der Waals surface area contributed by atoms with Gasteiger partial charge in [0.15, 0.2) is 11.5 Å². The molecule has 0 fully saturated rings. The van der Waals surface area contributed by atoms with Gasteiger partial charge in [-0.15, -0.1) is 0 Å². The molecule has 7 heteroatoms. The van der Waals surface area contributed by atoms with Crippen LogP contribution in [0.15, 0.2) is 54.2 Å². The third-order valence-corrected chi connectivity index (χ3v) is 4.29. The van der Waals surface area contributed by atoms with E-state index in [1.165, 1.54) is 27.4 Å². The monoisotopic (exact) mass is 389 g/mol. The van der Waals surface area contributed by atoms with Gasteiger partial charge < -0.3 is 19.5 Å². The van der Waals surface area contributed by atoms with Crippen molar-refractivity contribution in [3.8, 4) is 23.3 Å². The van der Waals surface area contributed by atoms with E-state index in [-0.39, 0.29) is 5.57 Å². The lowest BCUT2D eigenvalue weighted by Gasteiger charge is -2.12. The van der Waals surface area contributed by atoms with Crippen LogP contribution in [0.25, 0.3) is 17.0 Å². The van der Waals surface area contributed by atoms with Crippen molar-refractivity contribution in [1.29, 1.82) is 5.26 Å². The molecule has 29 heavy (non-hydrogen) atoms. The van der Waals surface area contributed by atoms with Crippen molar-refractivity contribution in [3.05, 3.63) is 59.8 Å². The van der Waals surface area contributed by atoms with E-state index in [9.17, 15) is 10.1 Å². The average Bonchev–Trinajstić information content (AvgIpc) is 2.76. The lowest BCUT2D eigenvalue weighted by Crippen LogP contribution is -2.13. The van der Waals surface area contributed by atoms with E-state index in [0.29, 0.717) is 28.5 Å². The number of hydrogen-bond acceptors (Lipinski definition) is 6. The highest BCUT2D eigenvalue weighted by atomic mass is 16.5. The zero-order chi connectivity index (χ0) is 20.8. The first-order valence-electron chi connectivity index (χ1n) is 8.68. The van der Waals surface area contributed by atoms with Crippen molar-refractivity contribution in [3.63, 3.8) is 0 Å². The third-order valence-electron chi connectivity index (χ3n) is 4.29. The lowest BCUT2D eigenvalue weighted by atomic mass is 10.1. The molecule has 7 nitrogen and oxygen atoms in total. The van der Waals surface area contributed by atoms with E-state index < -0.39 is 5.91 Å². The number of rotatable bonds is 6. The Labute approximate surface area is 168 Å². The van der Waals surface area contributed by atoms with Crippen molar-refractivity contribution in [2.24, 2.45) is 0 Å². The normalized spacial score (nSPS) is 10.9. The summed E-state index contributed by atoms with van der Waals surface area (Å²) in [7, 11) is 4.51. The molecular weight excluding hydrogens is 370 g/mol. The van der Waals surface area contributed by atoms with Gasteiger partial charge in [-0.05, 0) is 36.4 Å². The third kappa shape index (κ3) is 4.12. The molecule has 1 N–H and O–H groups in total. The summed E-state index contributed by atoms with van der Waals surface area (Å²) in [5, 5.41) is 13.1. The van der Waals surface area contributed by atoms with Gasteiger partial charge in [-0.3, -0.25) is 9.78 Å². The molecular formula is C22H19N3O4. The second-order valence-electron chi connectivity index (χ2n) is 5.95. The largest absolute Gasteiger partial charge is 0.496 e. The number of aromatic nitrogens is 1. The summed E-state index contributed by atoms with van der Waals surface area (Å²) in [5.41, 5.74) is 1.74. The van der Waals surface area contributed by atoms with Gasteiger partial charge in [0.1, 0.15) is 17.4 Å². The van der Waals surface area contributed by atoms with Gasteiger partial charge in [0, 0.05) is 23.2 Å². The topological polar surface area (TPSA) is 93.5 Å². The van der Waals surface area contributed by atoms with Crippen LogP contribution in [0.5, 0.6) is 17.2 Å². The standard InChI is InChI=1S/C22H19N3O4/c1-27-19-12-21(29-3)20(28-2)11-14(19)10-15(13-23)22(26)25-18-8-4-7-17-16(18)6-5-9-24-17/h4-12H,1-3H3,(H,25,26). The summed E-state index contributed by atoms with van der Waals surface area (Å²) >= 11 is 0. The Morgan fingerprint density at radius 1 is 1.03 bits per heavy atom. The molecule has 0 aliphatic carbocycles. The van der Waals surface area contributed by atoms with E-state index >= 15 is 0 Å². The number of carbonyl (C=O) groups is 1. The maximum absolute atomic E-state index is 12.7. The zero-order valence-electron chi connectivity index (χ0n) is 16.2. The van der Waals surface area contributed by atoms with Crippen LogP contribution in [-0.2, 0) is 4.79 Å². The van der Waals surface area contributed by atoms with Crippen molar-refractivity contribution in [1.82, 2.24) is 4.98 Å². The Morgan fingerprint density at radius 2 is 1.76 bits per heavy atom. The second-order valence-corrected chi connectivity index (χ2v) is 5.95. The molecule has 0 unspecified atom stereocenters. The van der Waals surface area contributed by atoms with Gasteiger partial charge in [-0.1, -0.05) is 6.07 Å². The molecule has 0 atom stereocenters. The number of nitrogens with one attached hydrogen (secondary N) is 1. The van der Waals surface area contributed by atoms with E-state index in [4.69, 9.17) is 14.2 Å². The molecule has 0 saturated carbocycles. The molecule has 0 spiro atoms. The van der Waals surface area contributed by atoms with E-state index in [1.807, 2.05) is 18.2 Å². The molecule has 0 aliphatic rings. The first kappa shape index (κ1) is 19.7. The van der Waals surface area contributed by atoms with Crippen LogP contribution < -0.4 is 19.5 Å². The Kier molecular flexibility index (Phi) is 5.95. The molecule has 0 aliphatic heterocycles. The minimum atomic E-state index is -0.541. The summed E-state index contributed by atoms with van der Waals surface area (Å²) in [6, 6.07) is 14.3. The van der Waals surface area contributed by atoms with Crippen LogP contribution >= 0.6 is 0 Å². The Hall–Kier alpha value is -4.05. The first-order chi connectivity index (χ1) is 14.1. The average molecular weight is 389 g/mol. The van der Waals surface area contributed by atoms with Crippen LogP contribution in [0.4, 0.5) is 5.69 Å². The maximum Gasteiger partial charge on any atom is 0.266 e. The summed E-state index contributed by atoms with van der Waals surface area (Å²) < 4.78 is 15.9. The van der Waals surface area contributed by atoms with Gasteiger partial charge in [-0.2, -0.15) is 5.26 Å². The van der Waals surface area contributed by atoms with Gasteiger partial charge in [-0.25, -0.2) is 0 Å². The summed E-state index contributed by atoms with van der Waals surface area (Å²) in [6.07, 6.45) is 3.12. The predicted molar refractivity (Wildman–Crippen MR) is 110 cm³/mol. The molecule has 1 amide bonds. The van der Waals surface area contributed by atoms with Gasteiger partial charge >= 0.3 is 0 Å². The molecule has 2 aromatic carbocycles.